The molecule has 2 N–H and O–H groups in total. The number of anilines is 1. The third-order valence-corrected chi connectivity index (χ3v) is 5.00. The number of carbonyl (C=O) groups excluding carboxylic acids is 1. The molecule has 4 rings (SSSR count). The Hall–Kier alpha value is -3.53. The lowest BCUT2D eigenvalue weighted by Gasteiger charge is -2.13. The smallest absolute Gasteiger partial charge is 0.414 e. The van der Waals surface area contributed by atoms with E-state index in [9.17, 15) is 4.79 Å². The number of ether oxygens (including phenoxy) is 2. The molecule has 1 aliphatic heterocycles. The van der Waals surface area contributed by atoms with E-state index in [-0.39, 0.29) is 12.7 Å². The number of pyridine rings is 1. The molecule has 0 aliphatic carbocycles. The lowest BCUT2D eigenvalue weighted by atomic mass is 10.1. The molecule has 3 aromatic rings. The average Bonchev–Trinajstić information content (AvgIpc) is 3.18. The van der Waals surface area contributed by atoms with Gasteiger partial charge in [0.2, 0.25) is 0 Å². The summed E-state index contributed by atoms with van der Waals surface area (Å²) in [5.41, 5.74) is 8.75. The number of hydrogen-bond donors (Lipinski definition) is 1. The maximum atomic E-state index is 12.4. The minimum absolute atomic E-state index is 0.259. The Balaban J connectivity index is 1.42. The minimum atomic E-state index is -0.412. The van der Waals surface area contributed by atoms with Crippen LogP contribution >= 0.6 is 11.6 Å². The van der Waals surface area contributed by atoms with Gasteiger partial charge in [0.1, 0.15) is 17.5 Å². The molecule has 1 aliphatic rings. The molecule has 0 radical (unpaired) electrons. The number of aromatic nitrogens is 1. The number of nitrogens with two attached hydrogens (primary N) is 1. The molecule has 2 heterocycles. The van der Waals surface area contributed by atoms with Crippen LogP contribution in [0, 0.1) is 11.8 Å². The van der Waals surface area contributed by atoms with Gasteiger partial charge in [-0.3, -0.25) is 4.90 Å². The van der Waals surface area contributed by atoms with Crippen molar-refractivity contribution in [3.8, 4) is 17.6 Å². The number of benzene rings is 2. The largest absolute Gasteiger partial charge is 0.490 e. The molecule has 0 spiro atoms. The zero-order valence-corrected chi connectivity index (χ0v) is 17.4. The number of amides is 1. The number of halogens is 1. The monoisotopic (exact) mass is 433 g/mol. The number of rotatable bonds is 5. The van der Waals surface area contributed by atoms with Gasteiger partial charge in [-0.2, -0.15) is 0 Å². The second-order valence-electron chi connectivity index (χ2n) is 6.92. The highest BCUT2D eigenvalue weighted by Crippen LogP contribution is 2.23. The van der Waals surface area contributed by atoms with E-state index >= 15 is 0 Å². The maximum absolute atomic E-state index is 12.4. The van der Waals surface area contributed by atoms with Gasteiger partial charge in [0, 0.05) is 24.0 Å². The zero-order valence-electron chi connectivity index (χ0n) is 16.6. The van der Waals surface area contributed by atoms with Crippen molar-refractivity contribution in [2.24, 2.45) is 5.73 Å². The van der Waals surface area contributed by atoms with Gasteiger partial charge in [0.25, 0.3) is 0 Å². The van der Waals surface area contributed by atoms with E-state index in [1.54, 1.807) is 23.2 Å². The summed E-state index contributed by atoms with van der Waals surface area (Å²) in [6, 6.07) is 18.5. The predicted molar refractivity (Wildman–Crippen MR) is 119 cm³/mol. The highest BCUT2D eigenvalue weighted by Gasteiger charge is 2.32. The van der Waals surface area contributed by atoms with Crippen molar-refractivity contribution >= 4 is 23.4 Å². The van der Waals surface area contributed by atoms with Crippen molar-refractivity contribution < 1.29 is 14.3 Å². The third kappa shape index (κ3) is 5.15. The highest BCUT2D eigenvalue weighted by atomic mass is 35.5. The van der Waals surface area contributed by atoms with E-state index < -0.39 is 6.09 Å². The average molecular weight is 434 g/mol. The Labute approximate surface area is 185 Å². The van der Waals surface area contributed by atoms with Crippen LogP contribution in [0.5, 0.6) is 5.75 Å². The summed E-state index contributed by atoms with van der Waals surface area (Å²) in [6.07, 6.45) is 0.824. The number of cyclic esters (lactones) is 1. The third-order valence-electron chi connectivity index (χ3n) is 4.70. The first kappa shape index (κ1) is 20.7. The van der Waals surface area contributed by atoms with Crippen LogP contribution in [0.4, 0.5) is 10.5 Å². The van der Waals surface area contributed by atoms with Crippen LogP contribution in [0.2, 0.25) is 5.15 Å². The zero-order chi connectivity index (χ0) is 21.6. The number of nitrogens with zero attached hydrogens (tertiary/aromatic N) is 2. The summed E-state index contributed by atoms with van der Waals surface area (Å²) in [5, 5.41) is 0.356. The van der Waals surface area contributed by atoms with Crippen molar-refractivity contribution in [1.82, 2.24) is 4.98 Å². The van der Waals surface area contributed by atoms with Gasteiger partial charge in [-0.1, -0.05) is 41.6 Å². The Morgan fingerprint density at radius 1 is 1.16 bits per heavy atom. The van der Waals surface area contributed by atoms with E-state index in [1.165, 1.54) is 0 Å². The quantitative estimate of drug-likeness (QED) is 0.486. The summed E-state index contributed by atoms with van der Waals surface area (Å²) in [5.74, 6) is 6.77. The predicted octanol–water partition coefficient (Wildman–Crippen LogP) is 4.00. The lowest BCUT2D eigenvalue weighted by Crippen LogP contribution is -2.26. The fourth-order valence-corrected chi connectivity index (χ4v) is 3.31. The first-order valence-electron chi connectivity index (χ1n) is 9.75. The molecule has 1 amide bonds. The topological polar surface area (TPSA) is 77.7 Å². The molecule has 6 nitrogen and oxygen atoms in total. The summed E-state index contributed by atoms with van der Waals surface area (Å²) in [4.78, 5) is 18.0. The van der Waals surface area contributed by atoms with E-state index in [0.29, 0.717) is 35.2 Å². The SMILES string of the molecule is NCc1cccc(OC[C@@H]2CN(c3cccc(C#Cc4cccnc4Cl)c3)C(=O)O2)c1. The van der Waals surface area contributed by atoms with Crippen LogP contribution < -0.4 is 15.4 Å². The second-order valence-corrected chi connectivity index (χ2v) is 7.28. The molecular weight excluding hydrogens is 414 g/mol. The van der Waals surface area contributed by atoms with Gasteiger partial charge < -0.3 is 15.2 Å². The highest BCUT2D eigenvalue weighted by molar-refractivity contribution is 6.30. The molecule has 0 saturated carbocycles. The van der Waals surface area contributed by atoms with Crippen LogP contribution in [0.15, 0.2) is 66.9 Å². The van der Waals surface area contributed by atoms with Gasteiger partial charge in [-0.15, -0.1) is 0 Å². The van der Waals surface area contributed by atoms with Gasteiger partial charge in [-0.05, 0) is 48.0 Å². The molecule has 156 valence electrons. The molecule has 1 saturated heterocycles. The van der Waals surface area contributed by atoms with Crippen LogP contribution in [0.1, 0.15) is 16.7 Å². The van der Waals surface area contributed by atoms with Crippen molar-refractivity contribution in [1.29, 1.82) is 0 Å². The van der Waals surface area contributed by atoms with Crippen molar-refractivity contribution in [3.05, 3.63) is 88.7 Å². The molecule has 1 aromatic heterocycles. The van der Waals surface area contributed by atoms with Crippen molar-refractivity contribution in [2.45, 2.75) is 12.6 Å². The van der Waals surface area contributed by atoms with Crippen molar-refractivity contribution in [2.75, 3.05) is 18.1 Å². The van der Waals surface area contributed by atoms with E-state index in [4.69, 9.17) is 26.8 Å². The molecule has 7 heteroatoms. The summed E-state index contributed by atoms with van der Waals surface area (Å²) < 4.78 is 11.3. The number of carbonyl (C=O) groups is 1. The lowest BCUT2D eigenvalue weighted by molar-refractivity contribution is 0.105. The molecular formula is C24H20ClN3O3. The summed E-state index contributed by atoms with van der Waals surface area (Å²) in [6.45, 7) is 1.09. The second kappa shape index (κ2) is 9.52. The fraction of sp³-hybridized carbons (Fsp3) is 0.167. The molecule has 1 atom stereocenters. The molecule has 0 unspecified atom stereocenters. The maximum Gasteiger partial charge on any atom is 0.414 e. The Morgan fingerprint density at radius 3 is 2.87 bits per heavy atom. The Morgan fingerprint density at radius 2 is 2.03 bits per heavy atom. The van der Waals surface area contributed by atoms with Gasteiger partial charge in [0.15, 0.2) is 6.10 Å². The molecule has 31 heavy (non-hydrogen) atoms. The molecule has 1 fully saturated rings. The van der Waals surface area contributed by atoms with Crippen LogP contribution in [0.3, 0.4) is 0 Å². The van der Waals surface area contributed by atoms with Crippen molar-refractivity contribution in [3.63, 3.8) is 0 Å². The molecule has 2 aromatic carbocycles. The van der Waals surface area contributed by atoms with E-state index in [0.717, 1.165) is 11.1 Å². The van der Waals surface area contributed by atoms with Crippen LogP contribution in [-0.2, 0) is 11.3 Å². The number of hydrogen-bond acceptors (Lipinski definition) is 5. The first-order valence-corrected chi connectivity index (χ1v) is 10.1. The fourth-order valence-electron chi connectivity index (χ4n) is 3.14. The Bertz CT molecular complexity index is 1160. The molecule has 0 bridgehead atoms. The minimum Gasteiger partial charge on any atom is -0.490 e. The summed E-state index contributed by atoms with van der Waals surface area (Å²) >= 11 is 6.05. The van der Waals surface area contributed by atoms with Gasteiger partial charge in [-0.25, -0.2) is 9.78 Å². The first-order chi connectivity index (χ1) is 15.1. The van der Waals surface area contributed by atoms with Gasteiger partial charge in [0.05, 0.1) is 12.1 Å². The summed E-state index contributed by atoms with van der Waals surface area (Å²) in [7, 11) is 0. The Kier molecular flexibility index (Phi) is 6.37. The van der Waals surface area contributed by atoms with E-state index in [1.807, 2.05) is 48.5 Å². The normalized spacial score (nSPS) is 15.2. The van der Waals surface area contributed by atoms with E-state index in [2.05, 4.69) is 16.8 Å². The van der Waals surface area contributed by atoms with Crippen LogP contribution in [0.25, 0.3) is 0 Å². The van der Waals surface area contributed by atoms with Crippen LogP contribution in [-0.4, -0.2) is 30.3 Å². The standard InChI is InChI=1S/C24H20ClN3O3/c25-23-19(6-3-11-27-23)10-9-17-4-1-7-20(12-17)28-15-22(31-24(28)29)16-30-21-8-2-5-18(13-21)14-26/h1-8,11-13,22H,14-16,26H2/t22-/m0/s1. The van der Waals surface area contributed by atoms with Gasteiger partial charge >= 0.3 is 6.09 Å².